The summed E-state index contributed by atoms with van der Waals surface area (Å²) in [6.45, 7) is -1.94. The molecule has 1 aliphatic heterocycles. The Balaban J connectivity index is 2.22. The normalized spacial score (nSPS) is 19.7. The first-order chi connectivity index (χ1) is 11.7. The maximum atomic E-state index is 12.7. The highest BCUT2D eigenvalue weighted by atomic mass is 32.2. The molecule has 0 saturated carbocycles. The van der Waals surface area contributed by atoms with Gasteiger partial charge in [-0.2, -0.15) is 30.6 Å². The zero-order chi connectivity index (χ0) is 19.9. The van der Waals surface area contributed by atoms with Crippen LogP contribution in [0, 0.1) is 5.92 Å². The molecular formula is C13H17F6N3O3S. The molecule has 1 unspecified atom stereocenters. The minimum Gasteiger partial charge on any atom is -0.397 e. The third kappa shape index (κ3) is 4.43. The van der Waals surface area contributed by atoms with E-state index in [0.29, 0.717) is 4.57 Å². The van der Waals surface area contributed by atoms with Crippen molar-refractivity contribution in [2.24, 2.45) is 5.92 Å². The molecule has 1 aromatic rings. The van der Waals surface area contributed by atoms with Crippen molar-refractivity contribution in [3.8, 4) is 0 Å². The number of aliphatic hydroxyl groups excluding tert-OH is 1. The molecule has 13 heteroatoms. The highest BCUT2D eigenvalue weighted by molar-refractivity contribution is 7.89. The first-order valence-electron chi connectivity index (χ1n) is 7.50. The highest BCUT2D eigenvalue weighted by Gasteiger charge is 2.44. The number of aliphatic hydroxyl groups is 1. The number of nitrogens with zero attached hydrogens (tertiary/aromatic N) is 2. The lowest BCUT2D eigenvalue weighted by Crippen LogP contribution is -2.43. The zero-order valence-electron chi connectivity index (χ0n) is 13.3. The lowest BCUT2D eigenvalue weighted by atomic mass is 9.98. The van der Waals surface area contributed by atoms with E-state index in [-0.39, 0.29) is 5.69 Å². The van der Waals surface area contributed by atoms with Crippen LogP contribution in [-0.4, -0.2) is 53.9 Å². The van der Waals surface area contributed by atoms with Crippen molar-refractivity contribution >= 4 is 15.7 Å². The van der Waals surface area contributed by atoms with Gasteiger partial charge in [-0.25, -0.2) is 8.42 Å². The SMILES string of the molecule is Nc1cc(S(=O)(=O)N2CCC(C(F)(F)F)CC2)n(CC(O)C(F)(F)F)c1. The van der Waals surface area contributed by atoms with Gasteiger partial charge >= 0.3 is 12.4 Å². The molecular weight excluding hydrogens is 392 g/mol. The highest BCUT2D eigenvalue weighted by Crippen LogP contribution is 2.36. The van der Waals surface area contributed by atoms with Crippen molar-refractivity contribution in [1.29, 1.82) is 0 Å². The molecule has 1 aliphatic rings. The predicted molar refractivity (Wildman–Crippen MR) is 78.4 cm³/mol. The molecule has 3 N–H and O–H groups in total. The average molecular weight is 409 g/mol. The van der Waals surface area contributed by atoms with Crippen molar-refractivity contribution in [1.82, 2.24) is 8.87 Å². The van der Waals surface area contributed by atoms with E-state index in [0.717, 1.165) is 16.6 Å². The Bertz CT molecular complexity index is 735. The third-order valence-corrected chi connectivity index (χ3v) is 6.07. The molecule has 0 bridgehead atoms. The quantitative estimate of drug-likeness (QED) is 0.745. The standard InChI is InChI=1S/C13H17F6N3O3S/c14-12(15,16)8-1-3-22(4-2-8)26(24,25)11-5-9(20)6-21(11)7-10(23)13(17,18)19/h5-6,8,10,23H,1-4,7,20H2. The maximum absolute atomic E-state index is 12.7. The van der Waals surface area contributed by atoms with Crippen LogP contribution in [0.2, 0.25) is 0 Å². The topological polar surface area (TPSA) is 88.6 Å². The lowest BCUT2D eigenvalue weighted by Gasteiger charge is -2.32. The summed E-state index contributed by atoms with van der Waals surface area (Å²) in [7, 11) is -4.36. The number of hydrogen-bond donors (Lipinski definition) is 2. The molecule has 150 valence electrons. The van der Waals surface area contributed by atoms with Crippen LogP contribution < -0.4 is 5.73 Å². The van der Waals surface area contributed by atoms with Crippen LogP contribution in [0.1, 0.15) is 12.8 Å². The van der Waals surface area contributed by atoms with Crippen LogP contribution in [0.3, 0.4) is 0 Å². The fraction of sp³-hybridized carbons (Fsp3) is 0.692. The van der Waals surface area contributed by atoms with E-state index in [9.17, 15) is 34.8 Å². The zero-order valence-corrected chi connectivity index (χ0v) is 14.1. The Morgan fingerprint density at radius 3 is 2.19 bits per heavy atom. The molecule has 6 nitrogen and oxygen atoms in total. The Morgan fingerprint density at radius 1 is 1.19 bits per heavy atom. The number of piperidine rings is 1. The Kier molecular flexibility index (Phi) is 5.55. The number of nitrogen functional groups attached to an aromatic ring is 1. The largest absolute Gasteiger partial charge is 0.416 e. The van der Waals surface area contributed by atoms with Crippen LogP contribution in [0.5, 0.6) is 0 Å². The van der Waals surface area contributed by atoms with Crippen molar-refractivity contribution in [2.45, 2.75) is 42.9 Å². The number of aromatic nitrogens is 1. The van der Waals surface area contributed by atoms with Crippen LogP contribution in [0.25, 0.3) is 0 Å². The van der Waals surface area contributed by atoms with Gasteiger partial charge in [0.2, 0.25) is 0 Å². The minimum absolute atomic E-state index is 0.150. The van der Waals surface area contributed by atoms with E-state index in [1.54, 1.807) is 0 Å². The second-order valence-electron chi connectivity index (χ2n) is 6.04. The summed E-state index contributed by atoms with van der Waals surface area (Å²) >= 11 is 0. The van der Waals surface area contributed by atoms with Gasteiger partial charge in [0.15, 0.2) is 11.1 Å². The molecule has 1 aromatic heterocycles. The monoisotopic (exact) mass is 409 g/mol. The van der Waals surface area contributed by atoms with Crippen LogP contribution in [-0.2, 0) is 16.6 Å². The summed E-state index contributed by atoms with van der Waals surface area (Å²) in [5.74, 6) is -1.63. The van der Waals surface area contributed by atoms with E-state index in [1.165, 1.54) is 0 Å². The van der Waals surface area contributed by atoms with E-state index in [4.69, 9.17) is 10.8 Å². The van der Waals surface area contributed by atoms with Gasteiger partial charge < -0.3 is 15.4 Å². The molecule has 2 heterocycles. The van der Waals surface area contributed by atoms with Gasteiger partial charge in [0.1, 0.15) is 0 Å². The fourth-order valence-corrected chi connectivity index (χ4v) is 4.38. The summed E-state index contributed by atoms with van der Waals surface area (Å²) in [5.41, 5.74) is 5.30. The van der Waals surface area contributed by atoms with E-state index in [1.807, 2.05) is 0 Å². The van der Waals surface area contributed by atoms with E-state index < -0.39 is 71.9 Å². The second kappa shape index (κ2) is 6.93. The van der Waals surface area contributed by atoms with Crippen LogP contribution in [0.15, 0.2) is 17.3 Å². The van der Waals surface area contributed by atoms with Crippen molar-refractivity contribution in [2.75, 3.05) is 18.8 Å². The summed E-state index contributed by atoms with van der Waals surface area (Å²) in [6.07, 6.45) is -12.2. The molecule has 1 saturated heterocycles. The molecule has 0 aromatic carbocycles. The first kappa shape index (κ1) is 20.8. The third-order valence-electron chi connectivity index (χ3n) is 4.15. The molecule has 0 spiro atoms. The summed E-state index contributed by atoms with van der Waals surface area (Å²) < 4.78 is 102. The molecule has 1 fully saturated rings. The number of alkyl halides is 6. The molecule has 2 rings (SSSR count). The smallest absolute Gasteiger partial charge is 0.397 e. The second-order valence-corrected chi connectivity index (χ2v) is 7.93. The first-order valence-corrected chi connectivity index (χ1v) is 8.94. The molecule has 0 amide bonds. The Morgan fingerprint density at radius 2 is 1.73 bits per heavy atom. The van der Waals surface area contributed by atoms with Gasteiger partial charge in [-0.3, -0.25) is 0 Å². The number of rotatable bonds is 4. The molecule has 1 atom stereocenters. The van der Waals surface area contributed by atoms with Crippen molar-refractivity contribution in [3.05, 3.63) is 12.3 Å². The molecule has 26 heavy (non-hydrogen) atoms. The summed E-state index contributed by atoms with van der Waals surface area (Å²) in [6, 6.07) is 0.911. The fourth-order valence-electron chi connectivity index (χ4n) is 2.72. The van der Waals surface area contributed by atoms with Gasteiger partial charge in [0.25, 0.3) is 10.0 Å². The van der Waals surface area contributed by atoms with Gasteiger partial charge in [-0.15, -0.1) is 0 Å². The Hall–Kier alpha value is -1.47. The number of sulfonamides is 1. The molecule has 0 radical (unpaired) electrons. The van der Waals surface area contributed by atoms with Crippen molar-refractivity contribution in [3.63, 3.8) is 0 Å². The van der Waals surface area contributed by atoms with Gasteiger partial charge in [-0.05, 0) is 18.9 Å². The number of anilines is 1. The predicted octanol–water partition coefficient (Wildman–Crippen LogP) is 1.96. The van der Waals surface area contributed by atoms with Crippen LogP contribution >= 0.6 is 0 Å². The maximum Gasteiger partial charge on any atom is 0.416 e. The van der Waals surface area contributed by atoms with Crippen molar-refractivity contribution < 1.29 is 39.9 Å². The van der Waals surface area contributed by atoms with E-state index in [2.05, 4.69) is 0 Å². The van der Waals surface area contributed by atoms with Gasteiger partial charge in [0, 0.05) is 19.3 Å². The lowest BCUT2D eigenvalue weighted by molar-refractivity contribution is -0.207. The summed E-state index contributed by atoms with van der Waals surface area (Å²) in [4.78, 5) is 0. The van der Waals surface area contributed by atoms with Gasteiger partial charge in [-0.1, -0.05) is 0 Å². The van der Waals surface area contributed by atoms with Crippen LogP contribution in [0.4, 0.5) is 32.0 Å². The number of hydrogen-bond acceptors (Lipinski definition) is 4. The minimum atomic E-state index is -4.97. The molecule has 0 aliphatic carbocycles. The number of halogens is 6. The Labute approximate surface area is 145 Å². The number of nitrogens with two attached hydrogens (primary N) is 1. The summed E-state index contributed by atoms with van der Waals surface area (Å²) in [5, 5.41) is 8.55. The average Bonchev–Trinajstić information content (AvgIpc) is 2.87. The van der Waals surface area contributed by atoms with E-state index >= 15 is 0 Å². The van der Waals surface area contributed by atoms with Gasteiger partial charge in [0.05, 0.1) is 18.2 Å².